The van der Waals surface area contributed by atoms with E-state index >= 15 is 0 Å². The Balaban J connectivity index is 2.91. The summed E-state index contributed by atoms with van der Waals surface area (Å²) in [7, 11) is 0. The molecular weight excluding hydrogens is 286 g/mol. The first-order valence-electron chi connectivity index (χ1n) is 5.67. The molecule has 1 rings (SSSR count). The number of nitrogens with one attached hydrogen (secondary N) is 1. The van der Waals surface area contributed by atoms with Crippen LogP contribution in [-0.2, 0) is 9.53 Å². The molecule has 11 heteroatoms. The van der Waals surface area contributed by atoms with Gasteiger partial charge >= 0.3 is 17.5 Å². The second-order valence-corrected chi connectivity index (χ2v) is 3.51. The number of hydrogen-bond acceptors (Lipinski definition) is 9. The lowest BCUT2D eigenvalue weighted by Gasteiger charge is -2.00. The van der Waals surface area contributed by atoms with Crippen LogP contribution in [0.15, 0.2) is 23.4 Å². The van der Waals surface area contributed by atoms with E-state index in [1.807, 2.05) is 0 Å². The van der Waals surface area contributed by atoms with Crippen molar-refractivity contribution in [3.8, 4) is 0 Å². The predicted octanol–water partition coefficient (Wildman–Crippen LogP) is 0.945. The minimum atomic E-state index is -0.890. The first-order valence-corrected chi connectivity index (χ1v) is 5.67. The van der Waals surface area contributed by atoms with E-state index in [1.165, 1.54) is 12.3 Å². The number of nitrogens with zero attached hydrogens (tertiary/aromatic N) is 4. The lowest BCUT2D eigenvalue weighted by Crippen LogP contribution is -2.20. The number of carbonyl (C=O) groups is 1. The number of amidine groups is 1. The van der Waals surface area contributed by atoms with Gasteiger partial charge in [0.2, 0.25) is 5.82 Å². The SMILES string of the molecule is CCOC(=O)C/C(=N/Nc1ncccc1[N+](=O)[O-])[N+](=O)[O-]. The first kappa shape index (κ1) is 15.9. The number of rotatable bonds is 6. The third kappa shape index (κ3) is 4.81. The van der Waals surface area contributed by atoms with Crippen molar-refractivity contribution in [2.75, 3.05) is 12.0 Å². The van der Waals surface area contributed by atoms with Gasteiger partial charge in [-0.1, -0.05) is 0 Å². The quantitative estimate of drug-likeness (QED) is 0.268. The minimum absolute atomic E-state index is 0.0724. The summed E-state index contributed by atoms with van der Waals surface area (Å²) in [5.74, 6) is -1.84. The fourth-order valence-corrected chi connectivity index (χ4v) is 1.23. The van der Waals surface area contributed by atoms with Crippen LogP contribution in [0.3, 0.4) is 0 Å². The Morgan fingerprint density at radius 2 is 2.19 bits per heavy atom. The number of carbonyl (C=O) groups excluding carboxylic acids is 1. The van der Waals surface area contributed by atoms with Crippen molar-refractivity contribution in [2.45, 2.75) is 13.3 Å². The number of hydrazone groups is 1. The van der Waals surface area contributed by atoms with Crippen LogP contribution in [0.25, 0.3) is 0 Å². The molecule has 0 aliphatic heterocycles. The van der Waals surface area contributed by atoms with Crippen molar-refractivity contribution in [1.29, 1.82) is 0 Å². The zero-order valence-electron chi connectivity index (χ0n) is 10.9. The predicted molar refractivity (Wildman–Crippen MR) is 70.2 cm³/mol. The molecule has 0 fully saturated rings. The van der Waals surface area contributed by atoms with Gasteiger partial charge < -0.3 is 14.9 Å². The summed E-state index contributed by atoms with van der Waals surface area (Å²) < 4.78 is 4.56. The summed E-state index contributed by atoms with van der Waals surface area (Å²) in [6.45, 7) is 1.62. The van der Waals surface area contributed by atoms with E-state index in [2.05, 4.69) is 20.2 Å². The van der Waals surface area contributed by atoms with Crippen molar-refractivity contribution in [3.63, 3.8) is 0 Å². The molecule has 1 N–H and O–H groups in total. The van der Waals surface area contributed by atoms with Gasteiger partial charge in [0.25, 0.3) is 0 Å². The number of anilines is 1. The molecule has 0 amide bonds. The van der Waals surface area contributed by atoms with Crippen LogP contribution in [-0.4, -0.2) is 33.2 Å². The number of ether oxygens (including phenoxy) is 1. The van der Waals surface area contributed by atoms with Crippen molar-refractivity contribution < 1.29 is 19.4 Å². The van der Waals surface area contributed by atoms with Gasteiger partial charge in [-0.25, -0.2) is 4.98 Å². The summed E-state index contributed by atoms with van der Waals surface area (Å²) in [5.41, 5.74) is 1.71. The molecule has 0 aromatic carbocycles. The Labute approximate surface area is 117 Å². The van der Waals surface area contributed by atoms with Crippen LogP contribution >= 0.6 is 0 Å². The Morgan fingerprint density at radius 3 is 2.76 bits per heavy atom. The first-order chi connectivity index (χ1) is 9.95. The second-order valence-electron chi connectivity index (χ2n) is 3.51. The highest BCUT2D eigenvalue weighted by Gasteiger charge is 2.21. The highest BCUT2D eigenvalue weighted by atomic mass is 16.6. The van der Waals surface area contributed by atoms with Crippen LogP contribution < -0.4 is 5.43 Å². The van der Waals surface area contributed by atoms with Gasteiger partial charge in [-0.2, -0.15) is 5.43 Å². The minimum Gasteiger partial charge on any atom is -0.466 e. The number of nitro groups is 2. The molecule has 0 spiro atoms. The van der Waals surface area contributed by atoms with Gasteiger partial charge in [0.1, 0.15) is 0 Å². The molecule has 0 saturated carbocycles. The fourth-order valence-electron chi connectivity index (χ4n) is 1.23. The van der Waals surface area contributed by atoms with E-state index in [-0.39, 0.29) is 12.4 Å². The van der Waals surface area contributed by atoms with E-state index in [1.54, 1.807) is 6.92 Å². The van der Waals surface area contributed by atoms with E-state index in [4.69, 9.17) is 0 Å². The molecule has 21 heavy (non-hydrogen) atoms. The summed E-state index contributed by atoms with van der Waals surface area (Å²) in [6, 6.07) is 2.49. The molecule has 0 bridgehead atoms. The van der Waals surface area contributed by atoms with Gasteiger partial charge in [-0.05, 0) is 17.9 Å². The van der Waals surface area contributed by atoms with Crippen LogP contribution in [0.2, 0.25) is 0 Å². The van der Waals surface area contributed by atoms with E-state index in [0.29, 0.717) is 0 Å². The average molecular weight is 297 g/mol. The smallest absolute Gasteiger partial charge is 0.375 e. The lowest BCUT2D eigenvalue weighted by atomic mass is 10.4. The van der Waals surface area contributed by atoms with Gasteiger partial charge in [0.15, 0.2) is 6.42 Å². The molecule has 0 atom stereocenters. The molecule has 112 valence electrons. The number of aromatic nitrogens is 1. The maximum Gasteiger partial charge on any atom is 0.375 e. The standard InChI is InChI=1S/C10H11N5O6/c1-2-21-9(16)6-8(15(19)20)12-13-10-7(14(17)18)4-3-5-11-10/h3-5H,2,6H2,1H3,(H,11,13)/b12-8-. The maximum absolute atomic E-state index is 11.2. The lowest BCUT2D eigenvalue weighted by molar-refractivity contribution is -0.384. The monoisotopic (exact) mass is 297 g/mol. The normalized spacial score (nSPS) is 10.8. The summed E-state index contributed by atoms with van der Waals surface area (Å²) in [4.78, 5) is 34.7. The number of esters is 1. The number of hydrogen-bond donors (Lipinski definition) is 1. The molecular formula is C10H11N5O6. The molecule has 0 radical (unpaired) electrons. The van der Waals surface area contributed by atoms with E-state index in [9.17, 15) is 25.0 Å². The molecule has 1 aromatic rings. The third-order valence-electron chi connectivity index (χ3n) is 2.09. The van der Waals surface area contributed by atoms with Crippen molar-refractivity contribution >= 4 is 23.3 Å². The summed E-state index contributed by atoms with van der Waals surface area (Å²) >= 11 is 0. The highest BCUT2D eigenvalue weighted by molar-refractivity contribution is 5.93. The van der Waals surface area contributed by atoms with Gasteiger partial charge in [-0.3, -0.25) is 14.9 Å². The fraction of sp³-hybridized carbons (Fsp3) is 0.300. The second kappa shape index (κ2) is 7.47. The van der Waals surface area contributed by atoms with Gasteiger partial charge in [-0.15, -0.1) is 0 Å². The van der Waals surface area contributed by atoms with Crippen molar-refractivity contribution in [2.24, 2.45) is 5.10 Å². The molecule has 0 saturated heterocycles. The molecule has 11 nitrogen and oxygen atoms in total. The third-order valence-corrected chi connectivity index (χ3v) is 2.09. The average Bonchev–Trinajstić information content (AvgIpc) is 2.43. The van der Waals surface area contributed by atoms with Crippen LogP contribution in [0.5, 0.6) is 0 Å². The van der Waals surface area contributed by atoms with Gasteiger partial charge in [0, 0.05) is 12.3 Å². The van der Waals surface area contributed by atoms with Crippen molar-refractivity contribution in [1.82, 2.24) is 4.98 Å². The largest absolute Gasteiger partial charge is 0.466 e. The van der Waals surface area contributed by atoms with Crippen LogP contribution in [0.1, 0.15) is 13.3 Å². The van der Waals surface area contributed by atoms with Crippen molar-refractivity contribution in [3.05, 3.63) is 38.6 Å². The van der Waals surface area contributed by atoms with Crippen LogP contribution in [0, 0.1) is 20.2 Å². The molecule has 1 aromatic heterocycles. The Hall–Kier alpha value is -3.11. The maximum atomic E-state index is 11.2. The Bertz CT molecular complexity index is 587. The van der Waals surface area contributed by atoms with E-state index in [0.717, 1.165) is 6.07 Å². The van der Waals surface area contributed by atoms with E-state index < -0.39 is 33.8 Å². The summed E-state index contributed by atoms with van der Waals surface area (Å²) in [5, 5.41) is 24.8. The molecule has 0 aliphatic rings. The Kier molecular flexibility index (Phi) is 5.67. The molecule has 1 heterocycles. The zero-order chi connectivity index (χ0) is 15.8. The number of pyridine rings is 1. The van der Waals surface area contributed by atoms with Gasteiger partial charge in [0.05, 0.1) is 16.6 Å². The Morgan fingerprint density at radius 1 is 1.48 bits per heavy atom. The molecule has 0 aliphatic carbocycles. The van der Waals surface area contributed by atoms with Crippen LogP contribution in [0.4, 0.5) is 11.5 Å². The zero-order valence-corrected chi connectivity index (χ0v) is 10.9. The topological polar surface area (TPSA) is 150 Å². The summed E-state index contributed by atoms with van der Waals surface area (Å²) in [6.07, 6.45) is 0.580. The molecule has 0 unspecified atom stereocenters. The highest BCUT2D eigenvalue weighted by Crippen LogP contribution is 2.20.